The predicted octanol–water partition coefficient (Wildman–Crippen LogP) is -2.54. The molecule has 12 heteroatoms. The molecule has 0 saturated carbocycles. The van der Waals surface area contributed by atoms with Gasteiger partial charge in [-0.15, -0.1) is 0 Å². The molecule has 4 heterocycles. The van der Waals surface area contributed by atoms with E-state index in [4.69, 9.17) is 0 Å². The first-order chi connectivity index (χ1) is 14.9. The van der Waals surface area contributed by atoms with E-state index in [0.717, 1.165) is 19.6 Å². The molecule has 0 bridgehead atoms. The lowest BCUT2D eigenvalue weighted by Crippen LogP contribution is -2.42. The van der Waals surface area contributed by atoms with Gasteiger partial charge in [-0.05, 0) is 0 Å². The number of hydrogen-bond donors (Lipinski definition) is 0. The normalized spacial score (nSPS) is 36.1. The van der Waals surface area contributed by atoms with Crippen molar-refractivity contribution in [3.63, 3.8) is 0 Å². The number of likely N-dealkylation sites (tertiary alicyclic amines) is 4. The van der Waals surface area contributed by atoms with Gasteiger partial charge in [0, 0.05) is 41.0 Å². The lowest BCUT2D eigenvalue weighted by atomic mass is 9.68. The molecule has 32 heavy (non-hydrogen) atoms. The number of hydrogen-bond acceptors (Lipinski definition) is 8. The Morgan fingerprint density at radius 3 is 0.969 bits per heavy atom. The highest BCUT2D eigenvalue weighted by atomic mass is 16.2. The van der Waals surface area contributed by atoms with Gasteiger partial charge >= 0.3 is 0 Å². The molecule has 170 valence electrons. The molecule has 4 fully saturated rings. The standard InChI is InChI=1S/C20H22N4O8/c1-21-9(25)5-7(15(21)27)11-13(19(31)23(3)17(11)29)14-12(18(30)24(4)20(14)32)8-6-10(26)22(2)16(8)28/h7-8,11-14H,5-6H2,1-4H3. The molecular formula is C20H22N4O8. The van der Waals surface area contributed by atoms with E-state index in [-0.39, 0.29) is 12.8 Å². The van der Waals surface area contributed by atoms with Crippen molar-refractivity contribution >= 4 is 47.3 Å². The second-order valence-electron chi connectivity index (χ2n) is 8.78. The molecule has 4 aliphatic heterocycles. The zero-order valence-electron chi connectivity index (χ0n) is 17.9. The Bertz CT molecular complexity index is 941. The number of imide groups is 4. The Kier molecular flexibility index (Phi) is 4.79. The molecule has 6 atom stereocenters. The van der Waals surface area contributed by atoms with Gasteiger partial charge in [0.2, 0.25) is 47.3 Å². The van der Waals surface area contributed by atoms with Crippen molar-refractivity contribution in [2.24, 2.45) is 35.5 Å². The zero-order valence-corrected chi connectivity index (χ0v) is 17.9. The van der Waals surface area contributed by atoms with Crippen LogP contribution in [-0.2, 0) is 38.4 Å². The minimum absolute atomic E-state index is 0.303. The van der Waals surface area contributed by atoms with Crippen molar-refractivity contribution in [2.45, 2.75) is 12.8 Å². The first-order valence-electron chi connectivity index (χ1n) is 10.1. The van der Waals surface area contributed by atoms with E-state index >= 15 is 0 Å². The van der Waals surface area contributed by atoms with Crippen LogP contribution in [0.15, 0.2) is 0 Å². The van der Waals surface area contributed by atoms with Crippen LogP contribution in [0.3, 0.4) is 0 Å². The van der Waals surface area contributed by atoms with Gasteiger partial charge in [0.25, 0.3) is 0 Å². The monoisotopic (exact) mass is 446 g/mol. The molecule has 4 saturated heterocycles. The van der Waals surface area contributed by atoms with E-state index in [1.165, 1.54) is 28.2 Å². The molecule has 4 rings (SSSR count). The number of rotatable bonds is 3. The topological polar surface area (TPSA) is 150 Å². The minimum Gasteiger partial charge on any atom is -0.285 e. The fourth-order valence-corrected chi connectivity index (χ4v) is 5.45. The molecular weight excluding hydrogens is 424 g/mol. The van der Waals surface area contributed by atoms with Gasteiger partial charge in [0.1, 0.15) is 0 Å². The average molecular weight is 446 g/mol. The highest BCUT2D eigenvalue weighted by molar-refractivity contribution is 6.15. The molecule has 0 aliphatic carbocycles. The molecule has 0 aromatic heterocycles. The van der Waals surface area contributed by atoms with Crippen LogP contribution in [0.25, 0.3) is 0 Å². The third kappa shape index (κ3) is 2.67. The first kappa shape index (κ1) is 21.8. The smallest absolute Gasteiger partial charge is 0.233 e. The number of carbonyl (C=O) groups is 8. The van der Waals surface area contributed by atoms with Crippen LogP contribution in [-0.4, -0.2) is 95.0 Å². The van der Waals surface area contributed by atoms with E-state index in [1.807, 2.05) is 0 Å². The van der Waals surface area contributed by atoms with E-state index in [0.29, 0.717) is 0 Å². The quantitative estimate of drug-likeness (QED) is 0.430. The summed E-state index contributed by atoms with van der Waals surface area (Å²) in [6, 6.07) is 0. The second-order valence-corrected chi connectivity index (χ2v) is 8.78. The maximum Gasteiger partial charge on any atom is 0.233 e. The largest absolute Gasteiger partial charge is 0.285 e. The first-order valence-corrected chi connectivity index (χ1v) is 10.1. The van der Waals surface area contributed by atoms with Crippen LogP contribution in [0, 0.1) is 35.5 Å². The average Bonchev–Trinajstić information content (AvgIpc) is 3.32. The van der Waals surface area contributed by atoms with Crippen LogP contribution >= 0.6 is 0 Å². The summed E-state index contributed by atoms with van der Waals surface area (Å²) >= 11 is 0. The van der Waals surface area contributed by atoms with Crippen LogP contribution in [0.2, 0.25) is 0 Å². The number of carbonyl (C=O) groups excluding carboxylic acids is 8. The molecule has 12 nitrogen and oxygen atoms in total. The van der Waals surface area contributed by atoms with Gasteiger partial charge < -0.3 is 0 Å². The van der Waals surface area contributed by atoms with Crippen molar-refractivity contribution in [3.05, 3.63) is 0 Å². The van der Waals surface area contributed by atoms with Crippen LogP contribution in [0.1, 0.15) is 12.8 Å². The summed E-state index contributed by atoms with van der Waals surface area (Å²) in [5, 5.41) is 0. The summed E-state index contributed by atoms with van der Waals surface area (Å²) in [6.07, 6.45) is -0.607. The third-order valence-corrected chi connectivity index (χ3v) is 7.32. The molecule has 0 radical (unpaired) electrons. The summed E-state index contributed by atoms with van der Waals surface area (Å²) in [4.78, 5) is 105. The SMILES string of the molecule is CN1C(=O)CC(C2C(=O)N(C)C(=O)C2C2C(=O)N(C)C(=O)C2C2CC(=O)N(C)C2=O)C1=O. The summed E-state index contributed by atoms with van der Waals surface area (Å²) in [6.45, 7) is 0. The maximum atomic E-state index is 13.1. The number of nitrogens with zero attached hydrogens (tertiary/aromatic N) is 4. The molecule has 8 amide bonds. The Morgan fingerprint density at radius 1 is 0.438 bits per heavy atom. The van der Waals surface area contributed by atoms with Gasteiger partial charge in [-0.25, -0.2) is 0 Å². The van der Waals surface area contributed by atoms with E-state index in [9.17, 15) is 38.4 Å². The summed E-state index contributed by atoms with van der Waals surface area (Å²) in [7, 11) is 4.95. The van der Waals surface area contributed by atoms with Gasteiger partial charge in [0.05, 0.1) is 35.5 Å². The van der Waals surface area contributed by atoms with E-state index in [2.05, 4.69) is 0 Å². The van der Waals surface area contributed by atoms with Crippen molar-refractivity contribution in [1.29, 1.82) is 0 Å². The van der Waals surface area contributed by atoms with Crippen molar-refractivity contribution in [3.8, 4) is 0 Å². The third-order valence-electron chi connectivity index (χ3n) is 7.32. The van der Waals surface area contributed by atoms with Gasteiger partial charge in [-0.3, -0.25) is 58.0 Å². The van der Waals surface area contributed by atoms with Crippen LogP contribution in [0.5, 0.6) is 0 Å². The molecule has 0 N–H and O–H groups in total. The van der Waals surface area contributed by atoms with Crippen molar-refractivity contribution < 1.29 is 38.4 Å². The number of amides is 8. The maximum absolute atomic E-state index is 13.1. The Balaban J connectivity index is 1.80. The van der Waals surface area contributed by atoms with E-state index in [1.54, 1.807) is 0 Å². The molecule has 0 aromatic rings. The Morgan fingerprint density at radius 2 is 0.719 bits per heavy atom. The Hall–Kier alpha value is -3.44. The predicted molar refractivity (Wildman–Crippen MR) is 101 cm³/mol. The van der Waals surface area contributed by atoms with Gasteiger partial charge in [-0.2, -0.15) is 0 Å². The summed E-state index contributed by atoms with van der Waals surface area (Å²) < 4.78 is 0. The second kappa shape index (κ2) is 7.04. The summed E-state index contributed by atoms with van der Waals surface area (Å²) in [5.41, 5.74) is 0. The molecule has 0 spiro atoms. The zero-order chi connectivity index (χ0) is 23.8. The Labute approximate surface area is 182 Å². The van der Waals surface area contributed by atoms with E-state index < -0.39 is 82.8 Å². The van der Waals surface area contributed by atoms with Crippen molar-refractivity contribution in [2.75, 3.05) is 28.2 Å². The fraction of sp³-hybridized carbons (Fsp3) is 0.600. The highest BCUT2D eigenvalue weighted by Crippen LogP contribution is 2.48. The lowest BCUT2D eigenvalue weighted by molar-refractivity contribution is -0.143. The van der Waals surface area contributed by atoms with Gasteiger partial charge in [0.15, 0.2) is 0 Å². The van der Waals surface area contributed by atoms with Crippen LogP contribution < -0.4 is 0 Å². The van der Waals surface area contributed by atoms with Crippen LogP contribution in [0.4, 0.5) is 0 Å². The van der Waals surface area contributed by atoms with Gasteiger partial charge in [-0.1, -0.05) is 0 Å². The molecule has 0 aromatic carbocycles. The lowest BCUT2D eigenvalue weighted by Gasteiger charge is -2.28. The highest BCUT2D eigenvalue weighted by Gasteiger charge is 2.65. The summed E-state index contributed by atoms with van der Waals surface area (Å²) in [5.74, 6) is -13.0. The molecule has 6 unspecified atom stereocenters. The molecule has 4 aliphatic rings. The minimum atomic E-state index is -1.40. The van der Waals surface area contributed by atoms with Crippen molar-refractivity contribution in [1.82, 2.24) is 19.6 Å². The fourth-order valence-electron chi connectivity index (χ4n) is 5.45.